The van der Waals surface area contributed by atoms with Gasteiger partial charge in [-0.05, 0) is 37.2 Å². The number of hydrogen-bond acceptors (Lipinski definition) is 4. The second-order valence-corrected chi connectivity index (χ2v) is 6.91. The van der Waals surface area contributed by atoms with Crippen molar-refractivity contribution >= 4 is 11.0 Å². The molecule has 4 rings (SSSR count). The Balaban J connectivity index is 1.25. The number of H-pyrrole nitrogens is 1. The van der Waals surface area contributed by atoms with Crippen LogP contribution in [0.5, 0.6) is 5.88 Å². The second-order valence-electron chi connectivity index (χ2n) is 6.91. The van der Waals surface area contributed by atoms with Crippen molar-refractivity contribution in [3.05, 3.63) is 78.5 Å². The van der Waals surface area contributed by atoms with Gasteiger partial charge in [0.15, 0.2) is 0 Å². The van der Waals surface area contributed by atoms with Crippen LogP contribution in [0.4, 0.5) is 0 Å². The zero-order chi connectivity index (χ0) is 19.2. The van der Waals surface area contributed by atoms with Crippen LogP contribution in [-0.4, -0.2) is 40.1 Å². The van der Waals surface area contributed by atoms with Gasteiger partial charge in [-0.3, -0.25) is 0 Å². The number of pyridine rings is 1. The summed E-state index contributed by atoms with van der Waals surface area (Å²) in [6, 6.07) is 22.4. The van der Waals surface area contributed by atoms with Gasteiger partial charge in [-0.15, -0.1) is 0 Å². The fourth-order valence-electron chi connectivity index (χ4n) is 3.18. The summed E-state index contributed by atoms with van der Waals surface area (Å²) in [4.78, 5) is 14.6. The maximum atomic E-state index is 5.79. The molecule has 0 aliphatic carbocycles. The van der Waals surface area contributed by atoms with Crippen molar-refractivity contribution in [1.29, 1.82) is 0 Å². The van der Waals surface area contributed by atoms with Crippen molar-refractivity contribution < 1.29 is 4.74 Å². The summed E-state index contributed by atoms with van der Waals surface area (Å²) in [7, 11) is 2.13. The number of aromatic amines is 1. The van der Waals surface area contributed by atoms with E-state index in [4.69, 9.17) is 4.74 Å². The first-order valence-corrected chi connectivity index (χ1v) is 9.54. The number of hydrogen-bond donors (Lipinski definition) is 1. The summed E-state index contributed by atoms with van der Waals surface area (Å²) in [5, 5.41) is 0. The molecule has 5 nitrogen and oxygen atoms in total. The Kier molecular flexibility index (Phi) is 5.64. The Hall–Kier alpha value is -3.18. The molecule has 142 valence electrons. The Morgan fingerprint density at radius 2 is 1.79 bits per heavy atom. The molecule has 0 saturated heterocycles. The first-order chi connectivity index (χ1) is 13.8. The van der Waals surface area contributed by atoms with E-state index in [0.717, 1.165) is 41.9 Å². The highest BCUT2D eigenvalue weighted by Crippen LogP contribution is 2.21. The normalized spacial score (nSPS) is 11.2. The Morgan fingerprint density at radius 1 is 0.964 bits per heavy atom. The Morgan fingerprint density at radius 3 is 2.57 bits per heavy atom. The van der Waals surface area contributed by atoms with E-state index in [9.17, 15) is 0 Å². The van der Waals surface area contributed by atoms with Crippen LogP contribution in [0, 0.1) is 0 Å². The highest BCUT2D eigenvalue weighted by atomic mass is 16.5. The minimum atomic E-state index is 0.644. The van der Waals surface area contributed by atoms with Crippen LogP contribution in [0.1, 0.15) is 12.0 Å². The lowest BCUT2D eigenvalue weighted by atomic mass is 10.2. The molecular weight excluding hydrogens is 348 g/mol. The number of imidazole rings is 1. The summed E-state index contributed by atoms with van der Waals surface area (Å²) < 4.78 is 5.79. The van der Waals surface area contributed by atoms with Crippen LogP contribution >= 0.6 is 0 Å². The van der Waals surface area contributed by atoms with E-state index in [0.29, 0.717) is 12.5 Å². The highest BCUT2D eigenvalue weighted by molar-refractivity contribution is 5.79. The van der Waals surface area contributed by atoms with Gasteiger partial charge in [-0.25, -0.2) is 9.97 Å². The molecule has 0 aliphatic rings. The fraction of sp³-hybridized carbons (Fsp3) is 0.217. The number of nitrogens with one attached hydrogen (secondary N) is 1. The van der Waals surface area contributed by atoms with Crippen LogP contribution in [0.25, 0.3) is 22.4 Å². The molecule has 1 N–H and O–H groups in total. The molecule has 28 heavy (non-hydrogen) atoms. The molecule has 0 aliphatic heterocycles. The predicted molar refractivity (Wildman–Crippen MR) is 112 cm³/mol. The summed E-state index contributed by atoms with van der Waals surface area (Å²) in [6.07, 6.45) is 2.75. The lowest BCUT2D eigenvalue weighted by molar-refractivity contribution is 0.253. The molecule has 0 amide bonds. The minimum Gasteiger partial charge on any atom is -0.478 e. The average molecular weight is 372 g/mol. The molecule has 0 bridgehead atoms. The van der Waals surface area contributed by atoms with Crippen molar-refractivity contribution in [1.82, 2.24) is 19.9 Å². The van der Waals surface area contributed by atoms with E-state index in [-0.39, 0.29) is 0 Å². The summed E-state index contributed by atoms with van der Waals surface area (Å²) in [5.41, 5.74) is 4.26. The zero-order valence-electron chi connectivity index (χ0n) is 16.0. The van der Waals surface area contributed by atoms with Gasteiger partial charge >= 0.3 is 0 Å². The standard InChI is InChI=1S/C23H24N4O/c1-27(17-18-8-3-2-4-9-18)14-7-15-28-22-13-12-19(16-24-22)23-25-20-10-5-6-11-21(20)26-23/h2-6,8-13,16H,7,14-15,17H2,1H3,(H,25,26). The third-order valence-electron chi connectivity index (χ3n) is 4.63. The smallest absolute Gasteiger partial charge is 0.213 e. The lowest BCUT2D eigenvalue weighted by Gasteiger charge is -2.16. The van der Waals surface area contributed by atoms with Crippen molar-refractivity contribution in [2.45, 2.75) is 13.0 Å². The fourth-order valence-corrected chi connectivity index (χ4v) is 3.18. The number of rotatable bonds is 8. The van der Waals surface area contributed by atoms with Crippen LogP contribution in [0.2, 0.25) is 0 Å². The largest absolute Gasteiger partial charge is 0.478 e. The number of nitrogens with zero attached hydrogens (tertiary/aromatic N) is 3. The molecule has 0 unspecified atom stereocenters. The number of aromatic nitrogens is 3. The first-order valence-electron chi connectivity index (χ1n) is 9.54. The molecule has 0 saturated carbocycles. The molecule has 0 spiro atoms. The molecule has 0 atom stereocenters. The van der Waals surface area contributed by atoms with Gasteiger partial charge in [-0.2, -0.15) is 0 Å². The van der Waals surface area contributed by atoms with E-state index in [1.54, 1.807) is 6.20 Å². The SMILES string of the molecule is CN(CCCOc1ccc(-c2nc3ccccc3[nH]2)cn1)Cc1ccccc1. The van der Waals surface area contributed by atoms with Gasteiger partial charge < -0.3 is 14.6 Å². The van der Waals surface area contributed by atoms with Crippen LogP contribution in [-0.2, 0) is 6.54 Å². The third-order valence-corrected chi connectivity index (χ3v) is 4.63. The van der Waals surface area contributed by atoms with E-state index < -0.39 is 0 Å². The molecule has 2 aromatic heterocycles. The van der Waals surface area contributed by atoms with Crippen LogP contribution in [0.15, 0.2) is 72.9 Å². The second kappa shape index (κ2) is 8.67. The van der Waals surface area contributed by atoms with Gasteiger partial charge in [0.1, 0.15) is 5.82 Å². The van der Waals surface area contributed by atoms with Crippen LogP contribution in [0.3, 0.4) is 0 Å². The van der Waals surface area contributed by atoms with Crippen molar-refractivity contribution in [2.75, 3.05) is 20.2 Å². The summed E-state index contributed by atoms with van der Waals surface area (Å²) >= 11 is 0. The van der Waals surface area contributed by atoms with E-state index >= 15 is 0 Å². The molecule has 5 heteroatoms. The average Bonchev–Trinajstić information content (AvgIpc) is 3.17. The number of fused-ring (bicyclic) bond motifs is 1. The molecule has 4 aromatic rings. The molecule has 2 aromatic carbocycles. The maximum absolute atomic E-state index is 5.79. The summed E-state index contributed by atoms with van der Waals surface area (Å²) in [6.45, 7) is 2.58. The minimum absolute atomic E-state index is 0.644. The maximum Gasteiger partial charge on any atom is 0.213 e. The number of ether oxygens (including phenoxy) is 1. The van der Waals surface area contributed by atoms with Gasteiger partial charge in [0.2, 0.25) is 5.88 Å². The van der Waals surface area contributed by atoms with E-state index in [1.807, 2.05) is 42.5 Å². The highest BCUT2D eigenvalue weighted by Gasteiger charge is 2.06. The first kappa shape index (κ1) is 18.2. The number of benzene rings is 2. The van der Waals surface area contributed by atoms with Gasteiger partial charge in [0.25, 0.3) is 0 Å². The number of para-hydroxylation sites is 2. The molecule has 2 heterocycles. The third kappa shape index (κ3) is 4.56. The Labute approximate surface area is 165 Å². The van der Waals surface area contributed by atoms with E-state index in [1.165, 1.54) is 5.56 Å². The van der Waals surface area contributed by atoms with E-state index in [2.05, 4.69) is 51.2 Å². The monoisotopic (exact) mass is 372 g/mol. The van der Waals surface area contributed by atoms with Gasteiger partial charge in [0, 0.05) is 30.9 Å². The molecule has 0 fully saturated rings. The zero-order valence-corrected chi connectivity index (χ0v) is 16.0. The van der Waals surface area contributed by atoms with Gasteiger partial charge in [-0.1, -0.05) is 42.5 Å². The van der Waals surface area contributed by atoms with Crippen molar-refractivity contribution in [2.24, 2.45) is 0 Å². The van der Waals surface area contributed by atoms with Gasteiger partial charge in [0.05, 0.1) is 17.6 Å². The quantitative estimate of drug-likeness (QED) is 0.462. The van der Waals surface area contributed by atoms with Crippen molar-refractivity contribution in [3.8, 4) is 17.3 Å². The van der Waals surface area contributed by atoms with Crippen molar-refractivity contribution in [3.63, 3.8) is 0 Å². The molecular formula is C23H24N4O. The summed E-state index contributed by atoms with van der Waals surface area (Å²) in [5.74, 6) is 1.47. The van der Waals surface area contributed by atoms with Crippen LogP contribution < -0.4 is 4.74 Å². The molecule has 0 radical (unpaired) electrons. The topological polar surface area (TPSA) is 54.0 Å². The predicted octanol–water partition coefficient (Wildman–Crippen LogP) is 4.53. The Bertz CT molecular complexity index is 979. The lowest BCUT2D eigenvalue weighted by Crippen LogP contribution is -2.20.